The van der Waals surface area contributed by atoms with Crippen LogP contribution < -0.4 is 16.0 Å². The van der Waals surface area contributed by atoms with Crippen LogP contribution in [0.3, 0.4) is 0 Å². The number of methoxy groups -OCH3 is 1. The van der Waals surface area contributed by atoms with Crippen LogP contribution in [-0.2, 0) is 19.0 Å². The molecule has 4 rings (SSSR count). The maximum absolute atomic E-state index is 12.9. The second kappa shape index (κ2) is 17.6. The number of carbonyl (C=O) groups is 5. The Kier molecular flexibility index (Phi) is 13.8. The van der Waals surface area contributed by atoms with Gasteiger partial charge in [-0.25, -0.2) is 19.2 Å². The number of hydrogen-bond donors (Lipinski definition) is 4. The van der Waals surface area contributed by atoms with Crippen LogP contribution >= 0.6 is 11.8 Å². The number of anilines is 2. The third-order valence-electron chi connectivity index (χ3n) is 7.00. The molecule has 0 aromatic heterocycles. The number of rotatable bonds is 9. The molecular formula is C38H45N3O9S. The Morgan fingerprint density at radius 1 is 0.686 bits per heavy atom. The molecule has 272 valence electrons. The molecule has 0 aliphatic carbocycles. The summed E-state index contributed by atoms with van der Waals surface area (Å²) in [5.41, 5.74) is 0.423. The fourth-order valence-corrected chi connectivity index (χ4v) is 5.36. The SMILES string of the molecule is CC(C)(C)OC(=O)Nc1ccc(C(=O)O)c2ccccc12.COC(=O)[C@H](CCSC)NC(=O)c1ccc(NC(=O)OC(C)(C)C)c2ccccc12. The monoisotopic (exact) mass is 719 g/mol. The Morgan fingerprint density at radius 3 is 1.53 bits per heavy atom. The molecule has 4 aromatic rings. The molecular weight excluding hydrogens is 674 g/mol. The fourth-order valence-electron chi connectivity index (χ4n) is 4.89. The van der Waals surface area contributed by atoms with Gasteiger partial charge in [-0.05, 0) is 95.0 Å². The van der Waals surface area contributed by atoms with Crippen molar-refractivity contribution in [3.8, 4) is 0 Å². The lowest BCUT2D eigenvalue weighted by atomic mass is 10.0. The number of carbonyl (C=O) groups excluding carboxylic acids is 4. The number of hydrogen-bond acceptors (Lipinski definition) is 9. The minimum absolute atomic E-state index is 0.195. The average Bonchev–Trinajstić information content (AvgIpc) is 3.05. The maximum atomic E-state index is 12.9. The number of carboxylic acid groups (broad SMARTS) is 1. The number of thioether (sulfide) groups is 1. The number of esters is 1. The summed E-state index contributed by atoms with van der Waals surface area (Å²) in [6.07, 6.45) is 1.25. The highest BCUT2D eigenvalue weighted by atomic mass is 32.2. The summed E-state index contributed by atoms with van der Waals surface area (Å²) in [5.74, 6) is -1.16. The first-order valence-corrected chi connectivity index (χ1v) is 17.5. The summed E-state index contributed by atoms with van der Waals surface area (Å²) in [6, 6.07) is 19.8. The van der Waals surface area contributed by atoms with E-state index >= 15 is 0 Å². The number of carboxylic acids is 1. The first-order valence-electron chi connectivity index (χ1n) is 16.1. The van der Waals surface area contributed by atoms with E-state index in [1.165, 1.54) is 13.2 Å². The van der Waals surface area contributed by atoms with Crippen LogP contribution in [0.4, 0.5) is 21.0 Å². The van der Waals surface area contributed by atoms with Crippen molar-refractivity contribution in [2.24, 2.45) is 0 Å². The van der Waals surface area contributed by atoms with Crippen molar-refractivity contribution in [2.75, 3.05) is 29.8 Å². The zero-order chi connectivity index (χ0) is 37.9. The predicted octanol–water partition coefficient (Wildman–Crippen LogP) is 8.10. The summed E-state index contributed by atoms with van der Waals surface area (Å²) in [7, 11) is 1.30. The lowest BCUT2D eigenvalue weighted by Crippen LogP contribution is -2.42. The Labute approximate surface area is 301 Å². The zero-order valence-corrected chi connectivity index (χ0v) is 30.9. The molecule has 0 heterocycles. The van der Waals surface area contributed by atoms with Gasteiger partial charge in [-0.2, -0.15) is 11.8 Å². The van der Waals surface area contributed by atoms with E-state index in [-0.39, 0.29) is 11.5 Å². The lowest BCUT2D eigenvalue weighted by molar-refractivity contribution is -0.142. The first kappa shape index (κ1) is 40.1. The standard InChI is InChI=1S/C22H28N2O5S.C16H17NO4/c1-22(2,3)29-21(27)24-17-11-10-16(14-8-6-7-9-15(14)17)19(25)23-18(12-13-30-5)20(26)28-4;1-16(2,3)21-15(20)17-13-9-8-12(14(18)19)10-6-4-5-7-11(10)13/h6-11,18H,12-13H2,1-5H3,(H,23,25)(H,24,27);4-9H,1-3H3,(H,17,20)(H,18,19)/t18-;/m0./s1. The van der Waals surface area contributed by atoms with Crippen molar-refractivity contribution in [3.63, 3.8) is 0 Å². The highest BCUT2D eigenvalue weighted by molar-refractivity contribution is 7.98. The zero-order valence-electron chi connectivity index (χ0n) is 30.0. The minimum Gasteiger partial charge on any atom is -0.478 e. The highest BCUT2D eigenvalue weighted by Crippen LogP contribution is 2.29. The van der Waals surface area contributed by atoms with E-state index in [0.717, 1.165) is 0 Å². The summed E-state index contributed by atoms with van der Waals surface area (Å²) in [5, 5.41) is 19.9. The molecule has 3 amide bonds. The third-order valence-corrected chi connectivity index (χ3v) is 7.64. The quantitative estimate of drug-likeness (QED) is 0.0979. The van der Waals surface area contributed by atoms with Crippen LogP contribution in [0, 0.1) is 0 Å². The van der Waals surface area contributed by atoms with E-state index in [4.69, 9.17) is 14.2 Å². The Morgan fingerprint density at radius 2 is 1.12 bits per heavy atom. The molecule has 4 aromatic carbocycles. The number of benzene rings is 4. The number of aromatic carboxylic acids is 1. The van der Waals surface area contributed by atoms with Gasteiger partial charge in [-0.1, -0.05) is 48.5 Å². The summed E-state index contributed by atoms with van der Waals surface area (Å²) in [4.78, 5) is 60.2. The van der Waals surface area contributed by atoms with Crippen LogP contribution in [0.2, 0.25) is 0 Å². The molecule has 0 bridgehead atoms. The van der Waals surface area contributed by atoms with Crippen LogP contribution in [0.15, 0.2) is 72.8 Å². The topological polar surface area (TPSA) is 169 Å². The molecule has 0 spiro atoms. The van der Waals surface area contributed by atoms with E-state index < -0.39 is 41.4 Å². The van der Waals surface area contributed by atoms with Crippen LogP contribution in [-0.4, -0.2) is 71.5 Å². The number of ether oxygens (including phenoxy) is 3. The number of amides is 3. The summed E-state index contributed by atoms with van der Waals surface area (Å²) < 4.78 is 15.3. The molecule has 0 aliphatic heterocycles. The van der Waals surface area contributed by atoms with E-state index in [9.17, 15) is 29.1 Å². The van der Waals surface area contributed by atoms with Gasteiger partial charge in [0, 0.05) is 16.3 Å². The average molecular weight is 720 g/mol. The highest BCUT2D eigenvalue weighted by Gasteiger charge is 2.24. The number of nitrogens with one attached hydrogen (secondary N) is 3. The van der Waals surface area contributed by atoms with Gasteiger partial charge in [-0.15, -0.1) is 0 Å². The smallest absolute Gasteiger partial charge is 0.412 e. The Balaban J connectivity index is 0.000000293. The largest absolute Gasteiger partial charge is 0.478 e. The van der Waals surface area contributed by atoms with E-state index in [0.29, 0.717) is 50.7 Å². The molecule has 0 saturated heterocycles. The van der Waals surface area contributed by atoms with E-state index in [2.05, 4.69) is 16.0 Å². The normalized spacial score (nSPS) is 11.8. The molecule has 0 fully saturated rings. The van der Waals surface area contributed by atoms with E-state index in [1.54, 1.807) is 102 Å². The lowest BCUT2D eigenvalue weighted by Gasteiger charge is -2.20. The molecule has 13 heteroatoms. The van der Waals surface area contributed by atoms with Gasteiger partial charge in [0.15, 0.2) is 0 Å². The Hall–Kier alpha value is -5.30. The predicted molar refractivity (Wildman–Crippen MR) is 201 cm³/mol. The molecule has 4 N–H and O–H groups in total. The second-order valence-electron chi connectivity index (χ2n) is 13.3. The van der Waals surface area contributed by atoms with Crippen molar-refractivity contribution in [1.82, 2.24) is 5.32 Å². The molecule has 0 aliphatic rings. The van der Waals surface area contributed by atoms with Crippen molar-refractivity contribution < 1.29 is 43.3 Å². The van der Waals surface area contributed by atoms with Gasteiger partial charge in [0.1, 0.15) is 17.2 Å². The number of fused-ring (bicyclic) bond motifs is 2. The first-order chi connectivity index (χ1) is 23.9. The molecule has 12 nitrogen and oxygen atoms in total. The van der Waals surface area contributed by atoms with Crippen LogP contribution in [0.5, 0.6) is 0 Å². The van der Waals surface area contributed by atoms with Crippen molar-refractivity contribution in [2.45, 2.75) is 65.2 Å². The third kappa shape index (κ3) is 11.9. The molecule has 51 heavy (non-hydrogen) atoms. The van der Waals surface area contributed by atoms with Gasteiger partial charge in [0.05, 0.1) is 24.0 Å². The van der Waals surface area contributed by atoms with Crippen molar-refractivity contribution in [1.29, 1.82) is 0 Å². The van der Waals surface area contributed by atoms with Gasteiger partial charge >= 0.3 is 24.1 Å². The maximum Gasteiger partial charge on any atom is 0.412 e. The van der Waals surface area contributed by atoms with Gasteiger partial charge in [-0.3, -0.25) is 15.4 Å². The van der Waals surface area contributed by atoms with Crippen molar-refractivity contribution >= 4 is 74.7 Å². The minimum atomic E-state index is -1.00. The molecule has 0 unspecified atom stereocenters. The Bertz CT molecular complexity index is 1900. The molecule has 1 atom stereocenters. The molecule has 0 saturated carbocycles. The summed E-state index contributed by atoms with van der Waals surface area (Å²) >= 11 is 1.58. The van der Waals surface area contributed by atoms with E-state index in [1.807, 2.05) is 24.5 Å². The second-order valence-corrected chi connectivity index (χ2v) is 14.3. The van der Waals surface area contributed by atoms with Gasteiger partial charge in [0.25, 0.3) is 5.91 Å². The van der Waals surface area contributed by atoms with Crippen LogP contribution in [0.25, 0.3) is 21.5 Å². The van der Waals surface area contributed by atoms with Crippen LogP contribution in [0.1, 0.15) is 68.7 Å². The molecule has 0 radical (unpaired) electrons. The van der Waals surface area contributed by atoms with Gasteiger partial charge in [0.2, 0.25) is 0 Å². The fraction of sp³-hybridized carbons (Fsp3) is 0.342. The van der Waals surface area contributed by atoms with Crippen molar-refractivity contribution in [3.05, 3.63) is 83.9 Å². The van der Waals surface area contributed by atoms with Gasteiger partial charge < -0.3 is 24.6 Å². The summed E-state index contributed by atoms with van der Waals surface area (Å²) in [6.45, 7) is 10.7.